The second-order valence-corrected chi connectivity index (χ2v) is 5.29. The SMILES string of the molecule is CCc1cnc(CNC(=O)Nc2cccnc2C(=O)O)s1. The largest absolute Gasteiger partial charge is 0.476 e. The minimum atomic E-state index is -1.20. The Kier molecular flexibility index (Phi) is 4.83. The summed E-state index contributed by atoms with van der Waals surface area (Å²) in [5.41, 5.74) is -0.0500. The fraction of sp³-hybridized carbons (Fsp3) is 0.231. The minimum absolute atomic E-state index is 0.149. The first-order chi connectivity index (χ1) is 10.1. The van der Waals surface area contributed by atoms with Gasteiger partial charge >= 0.3 is 12.0 Å². The molecule has 2 aromatic rings. The van der Waals surface area contributed by atoms with E-state index in [9.17, 15) is 9.59 Å². The molecule has 110 valence electrons. The average Bonchev–Trinajstić information content (AvgIpc) is 2.93. The van der Waals surface area contributed by atoms with E-state index in [0.717, 1.165) is 16.3 Å². The Morgan fingerprint density at radius 1 is 1.38 bits per heavy atom. The number of carboxylic acids is 1. The molecule has 2 heterocycles. The van der Waals surface area contributed by atoms with Gasteiger partial charge in [-0.25, -0.2) is 19.6 Å². The number of thiazole rings is 1. The summed E-state index contributed by atoms with van der Waals surface area (Å²) in [6, 6.07) is 2.53. The molecule has 7 nitrogen and oxygen atoms in total. The Balaban J connectivity index is 1.94. The summed E-state index contributed by atoms with van der Waals surface area (Å²) in [7, 11) is 0. The predicted molar refractivity (Wildman–Crippen MR) is 78.5 cm³/mol. The first-order valence-electron chi connectivity index (χ1n) is 6.27. The third-order valence-corrected chi connectivity index (χ3v) is 3.75. The molecule has 0 saturated heterocycles. The van der Waals surface area contributed by atoms with Crippen LogP contribution in [0.15, 0.2) is 24.5 Å². The van der Waals surface area contributed by atoms with Crippen LogP contribution < -0.4 is 10.6 Å². The van der Waals surface area contributed by atoms with E-state index in [-0.39, 0.29) is 11.4 Å². The number of carbonyl (C=O) groups excluding carboxylic acids is 1. The van der Waals surface area contributed by atoms with Crippen LogP contribution in [-0.4, -0.2) is 27.1 Å². The molecular formula is C13H14N4O3S. The molecule has 0 fully saturated rings. The predicted octanol–water partition coefficient (Wildman–Crippen LogP) is 2.12. The number of aryl methyl sites for hydroxylation is 1. The Bertz CT molecular complexity index is 656. The van der Waals surface area contributed by atoms with Crippen LogP contribution in [0.1, 0.15) is 27.3 Å². The lowest BCUT2D eigenvalue weighted by Crippen LogP contribution is -2.29. The maximum Gasteiger partial charge on any atom is 0.356 e. The third-order valence-electron chi connectivity index (χ3n) is 2.61. The standard InChI is InChI=1S/C13H14N4O3S/c1-2-8-6-15-10(21-8)7-16-13(20)17-9-4-3-5-14-11(9)12(18)19/h3-6H,2,7H2,1H3,(H,18,19)(H2,16,17,20). The van der Waals surface area contributed by atoms with Crippen molar-refractivity contribution in [1.82, 2.24) is 15.3 Å². The van der Waals surface area contributed by atoms with Crippen molar-refractivity contribution < 1.29 is 14.7 Å². The van der Waals surface area contributed by atoms with Crippen molar-refractivity contribution in [3.63, 3.8) is 0 Å². The van der Waals surface area contributed by atoms with Crippen LogP contribution in [0.25, 0.3) is 0 Å². The number of amides is 2. The van der Waals surface area contributed by atoms with Crippen molar-refractivity contribution in [3.8, 4) is 0 Å². The van der Waals surface area contributed by atoms with E-state index < -0.39 is 12.0 Å². The van der Waals surface area contributed by atoms with Gasteiger partial charge in [-0.3, -0.25) is 0 Å². The lowest BCUT2D eigenvalue weighted by molar-refractivity contribution is 0.0691. The van der Waals surface area contributed by atoms with E-state index in [0.29, 0.717) is 6.54 Å². The van der Waals surface area contributed by atoms with Gasteiger partial charge in [0, 0.05) is 17.3 Å². The molecule has 0 aliphatic carbocycles. The molecule has 2 aromatic heterocycles. The molecule has 0 saturated carbocycles. The third kappa shape index (κ3) is 3.99. The molecule has 0 unspecified atom stereocenters. The summed E-state index contributed by atoms with van der Waals surface area (Å²) >= 11 is 1.53. The average molecular weight is 306 g/mol. The number of nitrogens with one attached hydrogen (secondary N) is 2. The van der Waals surface area contributed by atoms with Gasteiger partial charge in [-0.05, 0) is 18.6 Å². The van der Waals surface area contributed by atoms with Crippen LogP contribution in [0.2, 0.25) is 0 Å². The zero-order chi connectivity index (χ0) is 15.2. The van der Waals surface area contributed by atoms with Gasteiger partial charge in [0.1, 0.15) is 5.01 Å². The topological polar surface area (TPSA) is 104 Å². The van der Waals surface area contributed by atoms with Crippen LogP contribution in [0, 0.1) is 0 Å². The summed E-state index contributed by atoms with van der Waals surface area (Å²) in [4.78, 5) is 31.8. The Morgan fingerprint density at radius 3 is 2.86 bits per heavy atom. The van der Waals surface area contributed by atoms with Crippen molar-refractivity contribution >= 4 is 29.0 Å². The highest BCUT2D eigenvalue weighted by atomic mass is 32.1. The maximum atomic E-state index is 11.8. The number of pyridine rings is 1. The lowest BCUT2D eigenvalue weighted by Gasteiger charge is -2.08. The number of aromatic carboxylic acids is 1. The molecule has 8 heteroatoms. The number of nitrogens with zero attached hydrogens (tertiary/aromatic N) is 2. The van der Waals surface area contributed by atoms with Crippen LogP contribution in [0.3, 0.4) is 0 Å². The van der Waals surface area contributed by atoms with Crippen molar-refractivity contribution in [2.75, 3.05) is 5.32 Å². The number of hydrogen-bond donors (Lipinski definition) is 3. The number of anilines is 1. The summed E-state index contributed by atoms with van der Waals surface area (Å²) in [5.74, 6) is -1.20. The maximum absolute atomic E-state index is 11.8. The number of rotatable bonds is 5. The van der Waals surface area contributed by atoms with Gasteiger partial charge in [-0.15, -0.1) is 11.3 Å². The van der Waals surface area contributed by atoms with Crippen molar-refractivity contribution in [2.45, 2.75) is 19.9 Å². The quantitative estimate of drug-likeness (QED) is 0.785. The second kappa shape index (κ2) is 6.80. The van der Waals surface area contributed by atoms with Gasteiger partial charge in [0.2, 0.25) is 0 Å². The molecule has 3 N–H and O–H groups in total. The summed E-state index contributed by atoms with van der Waals surface area (Å²) in [5, 5.41) is 14.9. The van der Waals surface area contributed by atoms with E-state index in [1.807, 2.05) is 6.92 Å². The zero-order valence-corrected chi connectivity index (χ0v) is 12.1. The van der Waals surface area contributed by atoms with E-state index >= 15 is 0 Å². The fourth-order valence-corrected chi connectivity index (χ4v) is 2.39. The second-order valence-electron chi connectivity index (χ2n) is 4.09. The van der Waals surface area contributed by atoms with Gasteiger partial charge in [-0.1, -0.05) is 6.92 Å². The molecule has 21 heavy (non-hydrogen) atoms. The number of urea groups is 1. The van der Waals surface area contributed by atoms with Crippen molar-refractivity contribution in [3.05, 3.63) is 40.1 Å². The molecule has 0 bridgehead atoms. The monoisotopic (exact) mass is 306 g/mol. The zero-order valence-electron chi connectivity index (χ0n) is 11.3. The van der Waals surface area contributed by atoms with Crippen LogP contribution in [-0.2, 0) is 13.0 Å². The highest BCUT2D eigenvalue weighted by Crippen LogP contribution is 2.14. The summed E-state index contributed by atoms with van der Waals surface area (Å²) in [6.45, 7) is 2.33. The molecule has 0 spiro atoms. The van der Waals surface area contributed by atoms with Crippen LogP contribution in [0.4, 0.5) is 10.5 Å². The smallest absolute Gasteiger partial charge is 0.356 e. The molecular weight excluding hydrogens is 292 g/mol. The van der Waals surface area contributed by atoms with E-state index in [2.05, 4.69) is 20.6 Å². The van der Waals surface area contributed by atoms with Crippen molar-refractivity contribution in [1.29, 1.82) is 0 Å². The molecule has 0 aliphatic rings. The first kappa shape index (κ1) is 14.9. The summed E-state index contributed by atoms with van der Waals surface area (Å²) in [6.07, 6.45) is 4.04. The Hall–Kier alpha value is -2.48. The minimum Gasteiger partial charge on any atom is -0.476 e. The van der Waals surface area contributed by atoms with Crippen molar-refractivity contribution in [2.24, 2.45) is 0 Å². The normalized spacial score (nSPS) is 10.1. The van der Waals surface area contributed by atoms with Crippen LogP contribution >= 0.6 is 11.3 Å². The van der Waals surface area contributed by atoms with Crippen LogP contribution in [0.5, 0.6) is 0 Å². The van der Waals surface area contributed by atoms with Gasteiger partial charge < -0.3 is 15.7 Å². The molecule has 0 aliphatic heterocycles. The molecule has 0 aromatic carbocycles. The number of carbonyl (C=O) groups is 2. The van der Waals surface area contributed by atoms with Gasteiger partial charge in [-0.2, -0.15) is 0 Å². The van der Waals surface area contributed by atoms with E-state index in [1.165, 1.54) is 23.6 Å². The number of carboxylic acid groups (broad SMARTS) is 1. The highest BCUT2D eigenvalue weighted by molar-refractivity contribution is 7.11. The van der Waals surface area contributed by atoms with E-state index in [4.69, 9.17) is 5.11 Å². The Labute approximate surface area is 125 Å². The highest BCUT2D eigenvalue weighted by Gasteiger charge is 2.13. The van der Waals surface area contributed by atoms with Gasteiger partial charge in [0.05, 0.1) is 12.2 Å². The summed E-state index contributed by atoms with van der Waals surface area (Å²) < 4.78 is 0. The number of hydrogen-bond acceptors (Lipinski definition) is 5. The molecule has 0 radical (unpaired) electrons. The fourth-order valence-electron chi connectivity index (χ4n) is 1.59. The van der Waals surface area contributed by atoms with E-state index in [1.54, 1.807) is 12.3 Å². The van der Waals surface area contributed by atoms with Gasteiger partial charge in [0.15, 0.2) is 5.69 Å². The van der Waals surface area contributed by atoms with Gasteiger partial charge in [0.25, 0.3) is 0 Å². The molecule has 2 rings (SSSR count). The lowest BCUT2D eigenvalue weighted by atomic mass is 10.3. The Morgan fingerprint density at radius 2 is 2.19 bits per heavy atom. The number of aromatic nitrogens is 2. The molecule has 0 atom stereocenters. The first-order valence-corrected chi connectivity index (χ1v) is 7.08. The molecule has 2 amide bonds.